The number of urea groups is 1. The maximum atomic E-state index is 13.1. The molecule has 1 fully saturated rings. The van der Waals surface area contributed by atoms with Gasteiger partial charge in [-0.1, -0.05) is 36.4 Å². The number of aromatic nitrogens is 2. The number of carbonyl (C=O) groups is 1. The SMILES string of the molecule is CC(C)(C)NC(=O)N(CCc1csc2nc(-c3ccc4ccccc4c3)cn12)CCN1CCOCC1. The van der Waals surface area contributed by atoms with Crippen LogP contribution in [0.25, 0.3) is 27.0 Å². The molecule has 2 amide bonds. The lowest BCUT2D eigenvalue weighted by Crippen LogP contribution is -2.51. The lowest BCUT2D eigenvalue weighted by atomic mass is 10.1. The van der Waals surface area contributed by atoms with Gasteiger partial charge in [0.25, 0.3) is 0 Å². The third kappa shape index (κ3) is 5.88. The molecule has 7 nitrogen and oxygen atoms in total. The van der Waals surface area contributed by atoms with Gasteiger partial charge in [0.05, 0.1) is 18.9 Å². The maximum absolute atomic E-state index is 13.1. The van der Waals surface area contributed by atoms with Crippen LogP contribution in [0.15, 0.2) is 54.0 Å². The van der Waals surface area contributed by atoms with Crippen LogP contribution in [0.2, 0.25) is 0 Å². The van der Waals surface area contributed by atoms with Crippen LogP contribution in [-0.2, 0) is 11.2 Å². The molecule has 1 aliphatic heterocycles. The highest BCUT2D eigenvalue weighted by molar-refractivity contribution is 7.15. The predicted octanol–water partition coefficient (Wildman–Crippen LogP) is 4.90. The molecule has 0 radical (unpaired) electrons. The second-order valence-electron chi connectivity index (χ2n) is 10.4. The number of benzene rings is 2. The Labute approximate surface area is 216 Å². The average molecular weight is 506 g/mol. The van der Waals surface area contributed by atoms with Crippen LogP contribution in [-0.4, -0.2) is 76.7 Å². The van der Waals surface area contributed by atoms with Crippen LogP contribution in [0, 0.1) is 0 Å². The van der Waals surface area contributed by atoms with Crippen molar-refractivity contribution in [1.29, 1.82) is 0 Å². The topological polar surface area (TPSA) is 62.1 Å². The van der Waals surface area contributed by atoms with Gasteiger partial charge in [0.15, 0.2) is 4.96 Å². The first kappa shape index (κ1) is 24.7. The second-order valence-corrected chi connectivity index (χ2v) is 11.3. The zero-order chi connectivity index (χ0) is 25.1. The number of nitrogens with zero attached hydrogens (tertiary/aromatic N) is 4. The fourth-order valence-corrected chi connectivity index (χ4v) is 5.46. The average Bonchev–Trinajstić information content (AvgIpc) is 3.45. The van der Waals surface area contributed by atoms with Crippen molar-refractivity contribution in [3.63, 3.8) is 0 Å². The van der Waals surface area contributed by atoms with Crippen molar-refractivity contribution in [1.82, 2.24) is 24.5 Å². The molecule has 2 aromatic carbocycles. The Morgan fingerprint density at radius 1 is 1.11 bits per heavy atom. The Balaban J connectivity index is 1.30. The highest BCUT2D eigenvalue weighted by Gasteiger charge is 2.21. The lowest BCUT2D eigenvalue weighted by molar-refractivity contribution is 0.0348. The first-order chi connectivity index (χ1) is 17.4. The van der Waals surface area contributed by atoms with Crippen molar-refractivity contribution in [2.45, 2.75) is 32.7 Å². The van der Waals surface area contributed by atoms with Gasteiger partial charge in [0.1, 0.15) is 0 Å². The number of imidazole rings is 1. The number of thiazole rings is 1. The van der Waals surface area contributed by atoms with Crippen LogP contribution in [0.1, 0.15) is 26.5 Å². The van der Waals surface area contributed by atoms with Crippen LogP contribution < -0.4 is 5.32 Å². The molecule has 0 bridgehead atoms. The molecule has 1 saturated heterocycles. The van der Waals surface area contributed by atoms with Crippen LogP contribution in [0.3, 0.4) is 0 Å². The monoisotopic (exact) mass is 505 g/mol. The summed E-state index contributed by atoms with van der Waals surface area (Å²) in [7, 11) is 0. The van der Waals surface area contributed by atoms with Gasteiger partial charge in [0.2, 0.25) is 0 Å². The maximum Gasteiger partial charge on any atom is 0.317 e. The summed E-state index contributed by atoms with van der Waals surface area (Å²) in [5.41, 5.74) is 2.99. The molecule has 4 aromatic rings. The molecule has 3 heterocycles. The summed E-state index contributed by atoms with van der Waals surface area (Å²) in [6.45, 7) is 11.6. The van der Waals surface area contributed by atoms with Gasteiger partial charge in [-0.3, -0.25) is 9.30 Å². The van der Waals surface area contributed by atoms with Gasteiger partial charge in [-0.2, -0.15) is 0 Å². The van der Waals surface area contributed by atoms with Crippen LogP contribution >= 0.6 is 11.3 Å². The Hall–Kier alpha value is -2.94. The Bertz CT molecular complexity index is 1330. The highest BCUT2D eigenvalue weighted by atomic mass is 32.1. The minimum atomic E-state index is -0.275. The fraction of sp³-hybridized carbons (Fsp3) is 0.429. The summed E-state index contributed by atoms with van der Waals surface area (Å²) in [6.07, 6.45) is 2.90. The summed E-state index contributed by atoms with van der Waals surface area (Å²) in [6, 6.07) is 14.9. The fourth-order valence-electron chi connectivity index (χ4n) is 4.55. The van der Waals surface area contributed by atoms with Crippen molar-refractivity contribution in [2.24, 2.45) is 0 Å². The van der Waals surface area contributed by atoms with E-state index in [1.807, 2.05) is 25.7 Å². The number of hydrogen-bond acceptors (Lipinski definition) is 5. The highest BCUT2D eigenvalue weighted by Crippen LogP contribution is 2.27. The number of amides is 2. The van der Waals surface area contributed by atoms with Gasteiger partial charge < -0.3 is 15.0 Å². The van der Waals surface area contributed by atoms with Crippen LogP contribution in [0.4, 0.5) is 4.79 Å². The molecule has 0 atom stereocenters. The van der Waals surface area contributed by atoms with E-state index in [4.69, 9.17) is 9.72 Å². The zero-order valence-electron chi connectivity index (χ0n) is 21.4. The van der Waals surface area contributed by atoms with Gasteiger partial charge in [-0.05, 0) is 37.6 Å². The van der Waals surface area contributed by atoms with E-state index < -0.39 is 0 Å². The summed E-state index contributed by atoms with van der Waals surface area (Å²) in [4.78, 5) is 23.3. The standard InChI is InChI=1S/C28H35N5O2S/c1-28(2,3)30-26(34)32(13-12-31-14-16-35-17-15-31)11-10-24-20-36-27-29-25(19-33(24)27)23-9-8-21-6-4-5-7-22(21)18-23/h4-9,18-20H,10-17H2,1-3H3,(H,30,34). The minimum absolute atomic E-state index is 0.00952. The number of morpholine rings is 1. The first-order valence-electron chi connectivity index (χ1n) is 12.7. The van der Waals surface area contributed by atoms with Gasteiger partial charge in [0, 0.05) is 67.5 Å². The largest absolute Gasteiger partial charge is 0.379 e. The number of nitrogens with one attached hydrogen (secondary N) is 1. The van der Waals surface area contributed by atoms with Crippen molar-refractivity contribution >= 4 is 33.1 Å². The molecular formula is C28H35N5O2S. The smallest absolute Gasteiger partial charge is 0.317 e. The van der Waals surface area contributed by atoms with E-state index in [2.05, 4.69) is 68.7 Å². The van der Waals surface area contributed by atoms with Gasteiger partial charge in [-0.25, -0.2) is 9.78 Å². The number of fused-ring (bicyclic) bond motifs is 2. The second kappa shape index (κ2) is 10.6. The molecule has 0 spiro atoms. The van der Waals surface area contributed by atoms with E-state index in [0.717, 1.165) is 55.5 Å². The zero-order valence-corrected chi connectivity index (χ0v) is 22.2. The van der Waals surface area contributed by atoms with E-state index in [-0.39, 0.29) is 11.6 Å². The Kier molecular flexibility index (Phi) is 7.27. The van der Waals surface area contributed by atoms with Crippen molar-refractivity contribution in [3.8, 4) is 11.3 Å². The Morgan fingerprint density at radius 2 is 1.89 bits per heavy atom. The molecule has 0 unspecified atom stereocenters. The molecule has 190 valence electrons. The van der Waals surface area contributed by atoms with E-state index in [1.54, 1.807) is 11.3 Å². The number of ether oxygens (including phenoxy) is 1. The van der Waals surface area contributed by atoms with E-state index in [1.165, 1.54) is 16.5 Å². The molecule has 2 aromatic heterocycles. The summed E-state index contributed by atoms with van der Waals surface area (Å²) in [5.74, 6) is 0. The summed E-state index contributed by atoms with van der Waals surface area (Å²) in [5, 5.41) is 7.75. The molecule has 1 N–H and O–H groups in total. The summed E-state index contributed by atoms with van der Waals surface area (Å²) < 4.78 is 7.65. The molecule has 1 aliphatic rings. The normalized spacial score (nSPS) is 15.0. The van der Waals surface area contributed by atoms with Crippen molar-refractivity contribution in [2.75, 3.05) is 45.9 Å². The molecule has 0 saturated carbocycles. The quantitative estimate of drug-likeness (QED) is 0.388. The van der Waals surface area contributed by atoms with Gasteiger partial charge >= 0.3 is 6.03 Å². The van der Waals surface area contributed by atoms with Crippen LogP contribution in [0.5, 0.6) is 0 Å². The predicted molar refractivity (Wildman–Crippen MR) is 147 cm³/mol. The molecule has 36 heavy (non-hydrogen) atoms. The van der Waals surface area contributed by atoms with Crippen molar-refractivity contribution < 1.29 is 9.53 Å². The first-order valence-corrected chi connectivity index (χ1v) is 13.6. The minimum Gasteiger partial charge on any atom is -0.379 e. The number of carbonyl (C=O) groups excluding carboxylic acids is 1. The molecule has 5 rings (SSSR count). The van der Waals surface area contributed by atoms with Gasteiger partial charge in [-0.15, -0.1) is 11.3 Å². The molecule has 8 heteroatoms. The number of hydrogen-bond donors (Lipinski definition) is 1. The number of rotatable bonds is 7. The third-order valence-electron chi connectivity index (χ3n) is 6.53. The Morgan fingerprint density at radius 3 is 2.67 bits per heavy atom. The molecule has 0 aliphatic carbocycles. The molecular weight excluding hydrogens is 470 g/mol. The van der Waals surface area contributed by atoms with E-state index >= 15 is 0 Å². The summed E-state index contributed by atoms with van der Waals surface area (Å²) >= 11 is 1.65. The van der Waals surface area contributed by atoms with E-state index in [9.17, 15) is 4.79 Å². The third-order valence-corrected chi connectivity index (χ3v) is 7.41. The van der Waals surface area contributed by atoms with E-state index in [0.29, 0.717) is 13.1 Å². The van der Waals surface area contributed by atoms with Crippen molar-refractivity contribution in [3.05, 3.63) is 59.7 Å². The lowest BCUT2D eigenvalue weighted by Gasteiger charge is -2.32.